The second-order valence-electron chi connectivity index (χ2n) is 8.73. The molecule has 31 heavy (non-hydrogen) atoms. The van der Waals surface area contributed by atoms with Gasteiger partial charge in [0, 0.05) is 12.2 Å². The van der Waals surface area contributed by atoms with Gasteiger partial charge in [0.25, 0.3) is 0 Å². The van der Waals surface area contributed by atoms with Gasteiger partial charge in [-0.2, -0.15) is 0 Å². The predicted molar refractivity (Wildman–Crippen MR) is 119 cm³/mol. The third-order valence-electron chi connectivity index (χ3n) is 6.75. The van der Waals surface area contributed by atoms with Crippen molar-refractivity contribution in [3.63, 3.8) is 0 Å². The average molecular weight is 442 g/mol. The fourth-order valence-corrected chi connectivity index (χ4v) is 5.81. The van der Waals surface area contributed by atoms with E-state index in [-0.39, 0.29) is 23.8 Å². The number of hydrogen-bond donors (Lipinski definition) is 3. The Bertz CT molecular complexity index is 1210. The quantitative estimate of drug-likeness (QED) is 0.540. The summed E-state index contributed by atoms with van der Waals surface area (Å²) in [5.41, 5.74) is 3.53. The zero-order chi connectivity index (χ0) is 21.6. The Morgan fingerprint density at radius 3 is 2.87 bits per heavy atom. The number of fused-ring (bicyclic) bond motifs is 2. The van der Waals surface area contributed by atoms with Crippen LogP contribution in [0.5, 0.6) is 0 Å². The smallest absolute Gasteiger partial charge is 0.209 e. The third kappa shape index (κ3) is 4.05. The molecule has 2 heterocycles. The van der Waals surface area contributed by atoms with Gasteiger partial charge in [-0.3, -0.25) is 0 Å². The van der Waals surface area contributed by atoms with Crippen molar-refractivity contribution in [2.24, 2.45) is 11.1 Å². The normalized spacial score (nSPS) is 25.7. The van der Waals surface area contributed by atoms with E-state index in [0.717, 1.165) is 29.7 Å². The molecule has 0 spiro atoms. The van der Waals surface area contributed by atoms with Crippen molar-refractivity contribution in [3.8, 4) is 0 Å². The first-order valence-corrected chi connectivity index (χ1v) is 12.4. The fraction of sp³-hybridized carbons (Fsp3) is 0.455. The summed E-state index contributed by atoms with van der Waals surface area (Å²) in [4.78, 5) is 9.02. The molecule has 2 aliphatic carbocycles. The van der Waals surface area contributed by atoms with Gasteiger partial charge in [0.05, 0.1) is 23.3 Å². The van der Waals surface area contributed by atoms with Gasteiger partial charge < -0.3 is 15.0 Å². The van der Waals surface area contributed by atoms with Crippen molar-refractivity contribution in [2.45, 2.75) is 50.3 Å². The van der Waals surface area contributed by atoms with Crippen molar-refractivity contribution in [1.29, 1.82) is 0 Å². The van der Waals surface area contributed by atoms with Crippen molar-refractivity contribution in [1.82, 2.24) is 14.5 Å². The summed E-state index contributed by atoms with van der Waals surface area (Å²) in [7, 11) is -3.53. The Labute approximate surface area is 181 Å². The third-order valence-corrected chi connectivity index (χ3v) is 7.56. The number of aliphatic hydroxyl groups is 1. The molecule has 4 atom stereocenters. The first kappa shape index (κ1) is 20.4. The van der Waals surface area contributed by atoms with Crippen LogP contribution in [0.3, 0.4) is 0 Å². The molecule has 3 unspecified atom stereocenters. The summed E-state index contributed by atoms with van der Waals surface area (Å²) in [5.74, 6) is 0.623. The maximum atomic E-state index is 11.3. The summed E-state index contributed by atoms with van der Waals surface area (Å²) in [6.45, 7) is 0. The summed E-state index contributed by atoms with van der Waals surface area (Å²) in [5, 5.41) is 20.2. The van der Waals surface area contributed by atoms with Crippen LogP contribution in [0.2, 0.25) is 0 Å². The average Bonchev–Trinajstić information content (AvgIpc) is 3.43. The van der Waals surface area contributed by atoms with Crippen LogP contribution in [-0.4, -0.2) is 39.9 Å². The van der Waals surface area contributed by atoms with E-state index in [2.05, 4.69) is 44.1 Å². The minimum Gasteiger partial charge on any atom is -0.393 e. The van der Waals surface area contributed by atoms with E-state index in [1.54, 1.807) is 6.33 Å². The van der Waals surface area contributed by atoms with Crippen LogP contribution >= 0.6 is 0 Å². The van der Waals surface area contributed by atoms with Crippen LogP contribution in [0.1, 0.15) is 48.9 Å². The van der Waals surface area contributed by atoms with Gasteiger partial charge in [0.2, 0.25) is 10.0 Å². The van der Waals surface area contributed by atoms with Crippen molar-refractivity contribution >= 4 is 26.9 Å². The molecular weight excluding hydrogens is 414 g/mol. The van der Waals surface area contributed by atoms with Gasteiger partial charge in [0.1, 0.15) is 17.8 Å². The Kier molecular flexibility index (Phi) is 5.19. The molecule has 5 rings (SSSR count). The monoisotopic (exact) mass is 441 g/mol. The van der Waals surface area contributed by atoms with Gasteiger partial charge in [-0.1, -0.05) is 24.3 Å². The van der Waals surface area contributed by atoms with Crippen LogP contribution in [0.25, 0.3) is 11.0 Å². The van der Waals surface area contributed by atoms with Crippen molar-refractivity contribution in [2.75, 3.05) is 11.1 Å². The van der Waals surface area contributed by atoms with Gasteiger partial charge in [-0.25, -0.2) is 23.5 Å². The molecule has 1 fully saturated rings. The van der Waals surface area contributed by atoms with E-state index < -0.39 is 16.1 Å². The van der Waals surface area contributed by atoms with Gasteiger partial charge in [0.15, 0.2) is 0 Å². The maximum absolute atomic E-state index is 11.3. The molecule has 0 amide bonds. The highest BCUT2D eigenvalue weighted by Gasteiger charge is 2.35. The Hall–Kier alpha value is -2.49. The lowest BCUT2D eigenvalue weighted by atomic mass is 10.0. The summed E-state index contributed by atoms with van der Waals surface area (Å²) in [6.07, 6.45) is 6.76. The number of nitrogens with two attached hydrogens (primary N) is 1. The van der Waals surface area contributed by atoms with Crippen molar-refractivity contribution < 1.29 is 13.5 Å². The SMILES string of the molecule is NS(=O)(=O)CCC1CC(n2ccc3c(N[C@H]4CCc5ccccc54)ncnc32)CC1O. The van der Waals surface area contributed by atoms with Crippen LogP contribution in [0, 0.1) is 5.92 Å². The molecule has 9 heteroatoms. The molecule has 2 aromatic heterocycles. The topological polar surface area (TPSA) is 123 Å². The molecule has 8 nitrogen and oxygen atoms in total. The standard InChI is InChI=1S/C22H27N5O3S/c23-31(29,30)10-8-15-11-16(12-20(15)28)27-9-7-18-21(24-13-25-22(18)27)26-19-6-5-14-3-1-2-4-17(14)19/h1-4,7,9,13,15-16,19-20,28H,5-6,8,10-12H2,(H2,23,29,30)(H,24,25,26)/t15?,16?,19-,20?/m0/s1. The molecule has 1 aromatic carbocycles. The highest BCUT2D eigenvalue weighted by Crippen LogP contribution is 2.40. The molecule has 2 aliphatic rings. The molecule has 3 aromatic rings. The molecule has 164 valence electrons. The summed E-state index contributed by atoms with van der Waals surface area (Å²) >= 11 is 0. The van der Waals surface area contributed by atoms with Crippen LogP contribution < -0.4 is 10.5 Å². The molecule has 0 radical (unpaired) electrons. The van der Waals surface area contributed by atoms with Crippen LogP contribution in [0.4, 0.5) is 5.82 Å². The minimum absolute atomic E-state index is 0.0629. The summed E-state index contributed by atoms with van der Waals surface area (Å²) in [6, 6.07) is 10.8. The van der Waals surface area contributed by atoms with Gasteiger partial charge in [-0.15, -0.1) is 0 Å². The largest absolute Gasteiger partial charge is 0.393 e. The number of nitrogens with one attached hydrogen (secondary N) is 1. The van der Waals surface area contributed by atoms with Crippen LogP contribution in [0.15, 0.2) is 42.9 Å². The predicted octanol–water partition coefficient (Wildman–Crippen LogP) is 2.52. The zero-order valence-electron chi connectivity index (χ0n) is 17.2. The number of aliphatic hydroxyl groups excluding tert-OH is 1. The number of anilines is 1. The van der Waals surface area contributed by atoms with E-state index in [1.807, 2.05) is 12.3 Å². The van der Waals surface area contributed by atoms with E-state index in [4.69, 9.17) is 5.14 Å². The number of primary sulfonamides is 1. The fourth-order valence-electron chi connectivity index (χ4n) is 5.18. The maximum Gasteiger partial charge on any atom is 0.209 e. The molecule has 1 saturated carbocycles. The Morgan fingerprint density at radius 1 is 1.19 bits per heavy atom. The number of hydrogen-bond acceptors (Lipinski definition) is 6. The number of sulfonamides is 1. The van der Waals surface area contributed by atoms with E-state index >= 15 is 0 Å². The number of aryl methyl sites for hydroxylation is 1. The van der Waals surface area contributed by atoms with E-state index in [9.17, 15) is 13.5 Å². The molecule has 0 bridgehead atoms. The second kappa shape index (κ2) is 7.89. The number of aromatic nitrogens is 3. The zero-order valence-corrected chi connectivity index (χ0v) is 18.0. The molecule has 0 saturated heterocycles. The highest BCUT2D eigenvalue weighted by atomic mass is 32.2. The van der Waals surface area contributed by atoms with E-state index in [1.165, 1.54) is 11.1 Å². The number of benzene rings is 1. The lowest BCUT2D eigenvalue weighted by molar-refractivity contribution is 0.130. The minimum atomic E-state index is -3.53. The molecular formula is C22H27N5O3S. The number of nitrogens with zero attached hydrogens (tertiary/aromatic N) is 3. The highest BCUT2D eigenvalue weighted by molar-refractivity contribution is 7.89. The molecule has 4 N–H and O–H groups in total. The van der Waals surface area contributed by atoms with Crippen LogP contribution in [-0.2, 0) is 16.4 Å². The van der Waals surface area contributed by atoms with Crippen molar-refractivity contribution in [3.05, 3.63) is 54.0 Å². The first-order chi connectivity index (χ1) is 14.9. The molecule has 0 aliphatic heterocycles. The lowest BCUT2D eigenvalue weighted by Gasteiger charge is -2.16. The Morgan fingerprint density at radius 2 is 2.03 bits per heavy atom. The first-order valence-electron chi connectivity index (χ1n) is 10.7. The Balaban J connectivity index is 1.37. The van der Waals surface area contributed by atoms with Gasteiger partial charge in [-0.05, 0) is 55.2 Å². The lowest BCUT2D eigenvalue weighted by Crippen LogP contribution is -2.22. The van der Waals surface area contributed by atoms with Gasteiger partial charge >= 0.3 is 0 Å². The number of rotatable bonds is 6. The summed E-state index contributed by atoms with van der Waals surface area (Å²) < 4.78 is 24.7. The second-order valence-corrected chi connectivity index (χ2v) is 10.5. The van der Waals surface area contributed by atoms with E-state index in [0.29, 0.717) is 19.3 Å².